The number of nitrogens with zero attached hydrogens (tertiary/aromatic N) is 2. The van der Waals surface area contributed by atoms with Crippen molar-refractivity contribution < 1.29 is 13.6 Å². The minimum absolute atomic E-state index is 0.0788. The number of amides is 1. The average molecular weight is 394 g/mol. The van der Waals surface area contributed by atoms with E-state index in [4.69, 9.17) is 0 Å². The lowest BCUT2D eigenvalue weighted by Gasteiger charge is -2.35. The van der Waals surface area contributed by atoms with Gasteiger partial charge < -0.3 is 15.5 Å². The van der Waals surface area contributed by atoms with Gasteiger partial charge in [-0.3, -0.25) is 4.79 Å². The molecule has 2 fully saturated rings. The Morgan fingerprint density at radius 2 is 2.11 bits per heavy atom. The molecule has 0 aliphatic carbocycles. The van der Waals surface area contributed by atoms with Crippen LogP contribution in [0.1, 0.15) is 25.7 Å². The molecule has 4 rings (SSSR count). The van der Waals surface area contributed by atoms with E-state index in [2.05, 4.69) is 20.5 Å². The number of rotatable bonds is 4. The lowest BCUT2D eigenvalue weighted by Crippen LogP contribution is -2.44. The highest BCUT2D eigenvalue weighted by atomic mass is 32.1. The van der Waals surface area contributed by atoms with Gasteiger partial charge in [-0.2, -0.15) is 0 Å². The standard InChI is InChI=1S/C19H24F2N4OS/c20-14-8-15(21)17-16(9-14)27-19(23-17)24-18(26)13-2-1-7-25(11-13)10-12-3-5-22-6-4-12/h8-9,12-13,22H,1-7,10-11H2,(H,23,24,26). The Balaban J connectivity index is 1.38. The molecule has 0 bridgehead atoms. The van der Waals surface area contributed by atoms with Gasteiger partial charge in [0.1, 0.15) is 11.3 Å². The first-order chi connectivity index (χ1) is 13.1. The quantitative estimate of drug-likeness (QED) is 0.836. The van der Waals surface area contributed by atoms with E-state index in [9.17, 15) is 13.6 Å². The Morgan fingerprint density at radius 1 is 1.30 bits per heavy atom. The van der Waals surface area contributed by atoms with E-state index in [1.807, 2.05) is 0 Å². The van der Waals surface area contributed by atoms with Crippen molar-refractivity contribution in [2.75, 3.05) is 38.0 Å². The van der Waals surface area contributed by atoms with Gasteiger partial charge in [-0.25, -0.2) is 13.8 Å². The molecule has 0 saturated carbocycles. The average Bonchev–Trinajstić information content (AvgIpc) is 3.05. The van der Waals surface area contributed by atoms with E-state index >= 15 is 0 Å². The molecular weight excluding hydrogens is 370 g/mol. The molecule has 1 amide bonds. The number of aromatic nitrogens is 1. The zero-order valence-electron chi connectivity index (χ0n) is 15.1. The summed E-state index contributed by atoms with van der Waals surface area (Å²) in [6.45, 7) is 5.01. The van der Waals surface area contributed by atoms with Crippen LogP contribution < -0.4 is 10.6 Å². The number of hydrogen-bond acceptors (Lipinski definition) is 5. The summed E-state index contributed by atoms with van der Waals surface area (Å²) in [7, 11) is 0. The molecule has 2 aliphatic rings. The summed E-state index contributed by atoms with van der Waals surface area (Å²) < 4.78 is 27.5. The first kappa shape index (κ1) is 18.7. The molecule has 1 atom stereocenters. The van der Waals surface area contributed by atoms with Gasteiger partial charge in [-0.1, -0.05) is 11.3 Å². The van der Waals surface area contributed by atoms with Crippen LogP contribution in [0.4, 0.5) is 13.9 Å². The van der Waals surface area contributed by atoms with Crippen molar-refractivity contribution in [3.63, 3.8) is 0 Å². The zero-order chi connectivity index (χ0) is 18.8. The normalized spacial score (nSPS) is 22.2. The fourth-order valence-corrected chi connectivity index (χ4v) is 4.99. The van der Waals surface area contributed by atoms with Crippen LogP contribution in [0.25, 0.3) is 10.2 Å². The van der Waals surface area contributed by atoms with E-state index in [1.54, 1.807) is 0 Å². The largest absolute Gasteiger partial charge is 0.317 e. The molecule has 3 heterocycles. The highest BCUT2D eigenvalue weighted by Gasteiger charge is 2.28. The zero-order valence-corrected chi connectivity index (χ0v) is 16.0. The summed E-state index contributed by atoms with van der Waals surface area (Å²) >= 11 is 1.10. The molecule has 27 heavy (non-hydrogen) atoms. The maximum atomic E-state index is 13.8. The molecular formula is C19H24F2N4OS. The maximum Gasteiger partial charge on any atom is 0.230 e. The van der Waals surface area contributed by atoms with Gasteiger partial charge in [0.2, 0.25) is 5.91 Å². The van der Waals surface area contributed by atoms with Crippen molar-refractivity contribution >= 4 is 32.6 Å². The van der Waals surface area contributed by atoms with Gasteiger partial charge in [-0.05, 0) is 57.3 Å². The Bertz CT molecular complexity index is 821. The van der Waals surface area contributed by atoms with E-state index in [1.165, 1.54) is 18.9 Å². The smallest absolute Gasteiger partial charge is 0.230 e. The highest BCUT2D eigenvalue weighted by molar-refractivity contribution is 7.22. The van der Waals surface area contributed by atoms with Crippen molar-refractivity contribution in [1.82, 2.24) is 15.2 Å². The van der Waals surface area contributed by atoms with Gasteiger partial charge in [0.15, 0.2) is 10.9 Å². The minimum Gasteiger partial charge on any atom is -0.317 e. The Kier molecular flexibility index (Phi) is 5.66. The minimum atomic E-state index is -0.701. The molecule has 1 aromatic carbocycles. The Hall–Kier alpha value is -1.64. The van der Waals surface area contributed by atoms with Crippen LogP contribution in [-0.2, 0) is 4.79 Å². The predicted octanol–water partition coefficient (Wildman–Crippen LogP) is 3.22. The summed E-state index contributed by atoms with van der Waals surface area (Å²) in [6, 6.07) is 2.06. The van der Waals surface area contributed by atoms with Crippen molar-refractivity contribution in [1.29, 1.82) is 0 Å². The predicted molar refractivity (Wildman–Crippen MR) is 103 cm³/mol. The molecule has 5 nitrogen and oxygen atoms in total. The molecule has 146 valence electrons. The van der Waals surface area contributed by atoms with E-state index in [-0.39, 0.29) is 17.3 Å². The van der Waals surface area contributed by atoms with Crippen molar-refractivity contribution in [2.24, 2.45) is 11.8 Å². The molecule has 2 aliphatic heterocycles. The first-order valence-electron chi connectivity index (χ1n) is 9.58. The van der Waals surface area contributed by atoms with Crippen LogP contribution in [0.5, 0.6) is 0 Å². The second-order valence-corrected chi connectivity index (χ2v) is 8.57. The third kappa shape index (κ3) is 4.44. The molecule has 0 spiro atoms. The summed E-state index contributed by atoms with van der Waals surface area (Å²) in [6.07, 6.45) is 4.24. The molecule has 0 radical (unpaired) electrons. The van der Waals surface area contributed by atoms with Crippen LogP contribution in [0, 0.1) is 23.5 Å². The number of carbonyl (C=O) groups excluding carboxylic acids is 1. The number of piperidine rings is 2. The van der Waals surface area contributed by atoms with Crippen molar-refractivity contribution in [3.8, 4) is 0 Å². The lowest BCUT2D eigenvalue weighted by molar-refractivity contribution is -0.121. The number of fused-ring (bicyclic) bond motifs is 1. The van der Waals surface area contributed by atoms with Crippen LogP contribution >= 0.6 is 11.3 Å². The summed E-state index contributed by atoms with van der Waals surface area (Å²) in [5.41, 5.74) is 0.105. The highest BCUT2D eigenvalue weighted by Crippen LogP contribution is 2.29. The third-order valence-electron chi connectivity index (χ3n) is 5.49. The van der Waals surface area contributed by atoms with Gasteiger partial charge in [0.05, 0.1) is 10.6 Å². The number of hydrogen-bond donors (Lipinski definition) is 2. The Morgan fingerprint density at radius 3 is 2.93 bits per heavy atom. The number of benzene rings is 1. The van der Waals surface area contributed by atoms with Crippen molar-refractivity contribution in [3.05, 3.63) is 23.8 Å². The van der Waals surface area contributed by atoms with Gasteiger partial charge in [0.25, 0.3) is 0 Å². The molecule has 2 aromatic rings. The van der Waals surface area contributed by atoms with Crippen LogP contribution in [0.3, 0.4) is 0 Å². The third-order valence-corrected chi connectivity index (χ3v) is 6.41. The Labute approximate surface area is 161 Å². The summed E-state index contributed by atoms with van der Waals surface area (Å²) in [5, 5.41) is 6.53. The fourth-order valence-electron chi connectivity index (χ4n) is 4.08. The van der Waals surface area contributed by atoms with Crippen LogP contribution in [0.2, 0.25) is 0 Å². The number of nitrogens with one attached hydrogen (secondary N) is 2. The molecule has 2 saturated heterocycles. The van der Waals surface area contributed by atoms with Gasteiger partial charge in [-0.15, -0.1) is 0 Å². The number of thiazole rings is 1. The van der Waals surface area contributed by atoms with Gasteiger partial charge in [0, 0.05) is 19.2 Å². The number of likely N-dealkylation sites (tertiary alicyclic amines) is 1. The topological polar surface area (TPSA) is 57.3 Å². The van der Waals surface area contributed by atoms with Gasteiger partial charge >= 0.3 is 0 Å². The summed E-state index contributed by atoms with van der Waals surface area (Å²) in [4.78, 5) is 19.2. The van der Waals surface area contributed by atoms with Crippen molar-refractivity contribution in [2.45, 2.75) is 25.7 Å². The van der Waals surface area contributed by atoms with Crippen LogP contribution in [0.15, 0.2) is 12.1 Å². The number of halogens is 2. The first-order valence-corrected chi connectivity index (χ1v) is 10.4. The summed E-state index contributed by atoms with van der Waals surface area (Å²) in [5.74, 6) is -0.802. The van der Waals surface area contributed by atoms with E-state index < -0.39 is 11.6 Å². The second kappa shape index (κ2) is 8.16. The van der Waals surface area contributed by atoms with E-state index in [0.29, 0.717) is 15.7 Å². The molecule has 1 unspecified atom stereocenters. The number of carbonyl (C=O) groups is 1. The SMILES string of the molecule is O=C(Nc1nc2c(F)cc(F)cc2s1)C1CCCN(CC2CCNCC2)C1. The lowest BCUT2D eigenvalue weighted by atomic mass is 9.93. The number of anilines is 1. The maximum absolute atomic E-state index is 13.8. The second-order valence-electron chi connectivity index (χ2n) is 7.53. The molecule has 1 aromatic heterocycles. The fraction of sp³-hybridized carbons (Fsp3) is 0.579. The van der Waals surface area contributed by atoms with E-state index in [0.717, 1.165) is 63.0 Å². The molecule has 2 N–H and O–H groups in total. The monoisotopic (exact) mass is 394 g/mol. The molecule has 8 heteroatoms. The van der Waals surface area contributed by atoms with Crippen LogP contribution in [-0.4, -0.2) is 48.5 Å².